The van der Waals surface area contributed by atoms with E-state index in [1.807, 2.05) is 4.90 Å². The minimum Gasteiger partial charge on any atom is -0.465 e. The van der Waals surface area contributed by atoms with E-state index in [-0.39, 0.29) is 28.2 Å². The Morgan fingerprint density at radius 1 is 1.52 bits per heavy atom. The van der Waals surface area contributed by atoms with Crippen LogP contribution in [0.2, 0.25) is 5.15 Å². The summed E-state index contributed by atoms with van der Waals surface area (Å²) >= 11 is 6.05. The predicted molar refractivity (Wildman–Crippen MR) is 106 cm³/mol. The fourth-order valence-electron chi connectivity index (χ4n) is 3.02. The number of halogens is 1. The highest BCUT2D eigenvalue weighted by atomic mass is 35.5. The quantitative estimate of drug-likeness (QED) is 0.341. The lowest BCUT2D eigenvalue weighted by atomic mass is 10.0. The number of piperidine rings is 1. The number of rotatable bonds is 4. The molecule has 0 bridgehead atoms. The van der Waals surface area contributed by atoms with Crippen LogP contribution in [-0.2, 0) is 0 Å². The van der Waals surface area contributed by atoms with Crippen LogP contribution in [0.15, 0.2) is 6.07 Å². The number of nitrogens with zero attached hydrogens (tertiary/aromatic N) is 3. The summed E-state index contributed by atoms with van der Waals surface area (Å²) in [5, 5.41) is 25.3. The predicted octanol–water partition coefficient (Wildman–Crippen LogP) is 2.66. The van der Waals surface area contributed by atoms with Gasteiger partial charge in [0.15, 0.2) is 0 Å². The average Bonchev–Trinajstić information content (AvgIpc) is 2.51. The van der Waals surface area contributed by atoms with Gasteiger partial charge >= 0.3 is 11.8 Å². The van der Waals surface area contributed by atoms with Crippen molar-refractivity contribution < 1.29 is 14.8 Å². The normalized spacial score (nSPS) is 16.9. The monoisotopic (exact) mass is 402 g/mol. The van der Waals surface area contributed by atoms with Crippen LogP contribution >= 0.6 is 11.6 Å². The van der Waals surface area contributed by atoms with E-state index < -0.39 is 11.0 Å². The summed E-state index contributed by atoms with van der Waals surface area (Å²) in [7, 11) is 1.61. The van der Waals surface area contributed by atoms with Gasteiger partial charge in [0, 0.05) is 37.8 Å². The van der Waals surface area contributed by atoms with Crippen LogP contribution in [0.5, 0.6) is 0 Å². The minimum absolute atomic E-state index is 0.00559. The molecule has 1 unspecified atom stereocenters. The zero-order valence-corrected chi connectivity index (χ0v) is 16.7. The summed E-state index contributed by atoms with van der Waals surface area (Å²) in [6.07, 6.45) is 0.693. The number of nitro groups is 1. The number of primary amides is 1. The lowest BCUT2D eigenvalue weighted by Gasteiger charge is -2.38. The Kier molecular flexibility index (Phi) is 8.04. The van der Waals surface area contributed by atoms with Gasteiger partial charge in [0.1, 0.15) is 10.8 Å². The molecule has 11 heteroatoms. The Hall–Kier alpha value is -2.33. The number of hydrogen-bond acceptors (Lipinski definition) is 7. The van der Waals surface area contributed by atoms with Crippen LogP contribution in [0.25, 0.3) is 0 Å². The van der Waals surface area contributed by atoms with E-state index in [2.05, 4.69) is 42.1 Å². The second kappa shape index (κ2) is 9.56. The van der Waals surface area contributed by atoms with Gasteiger partial charge in [-0.2, -0.15) is 0 Å². The van der Waals surface area contributed by atoms with Crippen LogP contribution in [-0.4, -0.2) is 52.8 Å². The Morgan fingerprint density at radius 3 is 2.59 bits per heavy atom. The van der Waals surface area contributed by atoms with Gasteiger partial charge in [0.2, 0.25) is 5.82 Å². The molecule has 0 saturated carbocycles. The molecule has 2 rings (SSSR count). The van der Waals surface area contributed by atoms with E-state index >= 15 is 0 Å². The van der Waals surface area contributed by atoms with Crippen molar-refractivity contribution in [2.45, 2.75) is 45.2 Å². The molecule has 0 aliphatic carbocycles. The maximum atomic E-state index is 11.5. The number of nitrogens with two attached hydrogens (primary N) is 1. The Labute approximate surface area is 163 Å². The molecule has 27 heavy (non-hydrogen) atoms. The van der Waals surface area contributed by atoms with Crippen molar-refractivity contribution >= 4 is 34.9 Å². The van der Waals surface area contributed by atoms with Crippen molar-refractivity contribution in [3.63, 3.8) is 0 Å². The lowest BCUT2D eigenvalue weighted by Crippen LogP contribution is -2.52. The van der Waals surface area contributed by atoms with Crippen molar-refractivity contribution in [1.29, 1.82) is 0 Å². The number of amides is 1. The smallest absolute Gasteiger partial charge is 0.402 e. The third-order valence-corrected chi connectivity index (χ3v) is 3.95. The van der Waals surface area contributed by atoms with E-state index in [0.717, 1.165) is 19.4 Å². The van der Waals surface area contributed by atoms with Crippen molar-refractivity contribution in [3.8, 4) is 0 Å². The molecule has 5 N–H and O–H groups in total. The van der Waals surface area contributed by atoms with Gasteiger partial charge in [-0.1, -0.05) is 11.6 Å². The molecule has 0 radical (unpaired) electrons. The Balaban J connectivity index is 0.000000828. The minimum atomic E-state index is -1.33. The van der Waals surface area contributed by atoms with E-state index in [0.29, 0.717) is 12.2 Å². The van der Waals surface area contributed by atoms with Crippen LogP contribution in [0.4, 0.5) is 22.0 Å². The average molecular weight is 403 g/mol. The summed E-state index contributed by atoms with van der Waals surface area (Å²) in [4.78, 5) is 25.9. The first-order valence-corrected chi connectivity index (χ1v) is 8.86. The van der Waals surface area contributed by atoms with E-state index in [4.69, 9.17) is 21.5 Å². The zero-order chi connectivity index (χ0) is 20.8. The maximum absolute atomic E-state index is 11.5. The zero-order valence-electron chi connectivity index (χ0n) is 16.0. The van der Waals surface area contributed by atoms with Crippen molar-refractivity contribution in [3.05, 3.63) is 21.3 Å². The van der Waals surface area contributed by atoms with Crippen LogP contribution in [0.1, 0.15) is 33.6 Å². The second-order valence-electron chi connectivity index (χ2n) is 7.19. The van der Waals surface area contributed by atoms with Crippen molar-refractivity contribution in [1.82, 2.24) is 10.3 Å². The molecule has 1 aliphatic rings. The summed E-state index contributed by atoms with van der Waals surface area (Å²) in [5.74, 6) is 0.198. The van der Waals surface area contributed by atoms with E-state index in [9.17, 15) is 10.1 Å². The highest BCUT2D eigenvalue weighted by Crippen LogP contribution is 2.37. The molecule has 1 aromatic heterocycles. The van der Waals surface area contributed by atoms with Crippen LogP contribution in [0.3, 0.4) is 0 Å². The van der Waals surface area contributed by atoms with E-state index in [1.165, 1.54) is 0 Å². The molecular weight excluding hydrogens is 376 g/mol. The Morgan fingerprint density at radius 2 is 2.11 bits per heavy atom. The summed E-state index contributed by atoms with van der Waals surface area (Å²) in [5.41, 5.74) is 4.54. The highest BCUT2D eigenvalue weighted by molar-refractivity contribution is 6.30. The fourth-order valence-corrected chi connectivity index (χ4v) is 3.20. The van der Waals surface area contributed by atoms with Gasteiger partial charge in [0.25, 0.3) is 0 Å². The molecule has 1 aliphatic heterocycles. The molecule has 1 fully saturated rings. The number of carboxylic acid groups (broad SMARTS) is 1. The molecule has 0 spiro atoms. The summed E-state index contributed by atoms with van der Waals surface area (Å²) < 4.78 is 0. The molecule has 1 aromatic rings. The first-order valence-electron chi connectivity index (χ1n) is 8.48. The van der Waals surface area contributed by atoms with Crippen LogP contribution < -0.4 is 21.3 Å². The third kappa shape index (κ3) is 7.43. The number of anilines is 2. The molecule has 10 nitrogen and oxygen atoms in total. The second-order valence-corrected chi connectivity index (χ2v) is 7.57. The molecule has 0 aromatic carbocycles. The van der Waals surface area contributed by atoms with Crippen molar-refractivity contribution in [2.24, 2.45) is 5.73 Å². The first-order chi connectivity index (χ1) is 12.4. The maximum Gasteiger partial charge on any atom is 0.402 e. The molecule has 152 valence electrons. The number of pyridine rings is 1. The summed E-state index contributed by atoms with van der Waals surface area (Å²) in [6.45, 7) is 7.85. The topological polar surface area (TPSA) is 147 Å². The third-order valence-electron chi connectivity index (χ3n) is 3.76. The van der Waals surface area contributed by atoms with E-state index in [1.54, 1.807) is 13.1 Å². The van der Waals surface area contributed by atoms with Crippen LogP contribution in [0, 0.1) is 10.1 Å². The fraction of sp³-hybridized carbons (Fsp3) is 0.625. The summed E-state index contributed by atoms with van der Waals surface area (Å²) in [6, 6.07) is 1.87. The molecule has 2 heterocycles. The Bertz CT molecular complexity index is 676. The lowest BCUT2D eigenvalue weighted by molar-refractivity contribution is -0.383. The largest absolute Gasteiger partial charge is 0.465 e. The number of carbonyl (C=O) groups is 1. The standard InChI is InChI=1S/C15H24ClN5O2.CH3NO2/c1-15(2,3)19-10-6-5-7-20(9-10)11-8-12(16)18-14(17-4)13(11)21(22)23;2-1(3)4/h8,10,19H,5-7,9H2,1-4H3,(H,17,18);2H2,(H,3,4). The first kappa shape index (κ1) is 22.7. The van der Waals surface area contributed by atoms with Gasteiger partial charge in [0.05, 0.1) is 4.92 Å². The van der Waals surface area contributed by atoms with Gasteiger partial charge in [-0.05, 0) is 33.6 Å². The molecule has 1 amide bonds. The van der Waals surface area contributed by atoms with Gasteiger partial charge in [-0.3, -0.25) is 10.1 Å². The number of hydrogen-bond donors (Lipinski definition) is 4. The molecular formula is C16H27ClN6O4. The molecule has 1 saturated heterocycles. The van der Waals surface area contributed by atoms with Crippen molar-refractivity contribution in [2.75, 3.05) is 30.4 Å². The van der Waals surface area contributed by atoms with Gasteiger partial charge < -0.3 is 26.4 Å². The highest BCUT2D eigenvalue weighted by Gasteiger charge is 2.30. The number of aromatic nitrogens is 1. The van der Waals surface area contributed by atoms with Gasteiger partial charge in [-0.15, -0.1) is 0 Å². The number of nitrogens with one attached hydrogen (secondary N) is 2. The SMILES string of the molecule is CNc1nc(Cl)cc(N2CCCC(NC(C)(C)C)C2)c1[N+](=O)[O-].NC(=O)O. The van der Waals surface area contributed by atoms with Gasteiger partial charge in [-0.25, -0.2) is 9.78 Å². The molecule has 1 atom stereocenters.